The molecule has 3 unspecified atom stereocenters. The summed E-state index contributed by atoms with van der Waals surface area (Å²) in [7, 11) is 0. The second-order valence-corrected chi connectivity index (χ2v) is 4.89. The zero-order chi connectivity index (χ0) is 10.9. The lowest BCUT2D eigenvalue weighted by Crippen LogP contribution is -2.24. The molecule has 1 heterocycles. The van der Waals surface area contributed by atoms with Crippen molar-refractivity contribution in [1.82, 2.24) is 0 Å². The Morgan fingerprint density at radius 3 is 2.87 bits per heavy atom. The molecular weight excluding hydrogens is 192 g/mol. The minimum atomic E-state index is -0.675. The molecule has 0 aromatic carbocycles. The second-order valence-electron chi connectivity index (χ2n) is 4.89. The molecule has 2 fully saturated rings. The van der Waals surface area contributed by atoms with Gasteiger partial charge in [0, 0.05) is 5.92 Å². The third kappa shape index (κ3) is 2.03. The Morgan fingerprint density at radius 1 is 1.47 bits per heavy atom. The fourth-order valence-electron chi connectivity index (χ4n) is 3.05. The quantitative estimate of drug-likeness (QED) is 0.544. The summed E-state index contributed by atoms with van der Waals surface area (Å²) in [6.07, 6.45) is 7.50. The summed E-state index contributed by atoms with van der Waals surface area (Å²) in [5.41, 5.74) is -0.0203. The monoisotopic (exact) mass is 212 g/mol. The number of hydrogen-bond donors (Lipinski definition) is 1. The maximum Gasteiger partial charge on any atom is 0.303 e. The molecule has 0 bridgehead atoms. The van der Waals surface area contributed by atoms with Crippen LogP contribution in [0.15, 0.2) is 0 Å². The van der Waals surface area contributed by atoms with Gasteiger partial charge in [0.1, 0.15) is 0 Å². The summed E-state index contributed by atoms with van der Waals surface area (Å²) >= 11 is 0. The lowest BCUT2D eigenvalue weighted by molar-refractivity contribution is -0.138. The first-order valence-corrected chi connectivity index (χ1v) is 6.08. The van der Waals surface area contributed by atoms with Crippen LogP contribution in [0.1, 0.15) is 51.9 Å². The lowest BCUT2D eigenvalue weighted by Gasteiger charge is -2.18. The molecule has 0 aromatic rings. The van der Waals surface area contributed by atoms with E-state index >= 15 is 0 Å². The van der Waals surface area contributed by atoms with Crippen molar-refractivity contribution < 1.29 is 14.6 Å². The van der Waals surface area contributed by atoms with Gasteiger partial charge < -0.3 is 9.84 Å². The average Bonchev–Trinajstić information content (AvgIpc) is 2.80. The highest BCUT2D eigenvalue weighted by Gasteiger charge is 2.64. The number of carbonyl (C=O) groups is 1. The summed E-state index contributed by atoms with van der Waals surface area (Å²) in [6.45, 7) is 2.19. The van der Waals surface area contributed by atoms with Gasteiger partial charge in [-0.25, -0.2) is 0 Å². The van der Waals surface area contributed by atoms with Crippen molar-refractivity contribution in [3.8, 4) is 0 Å². The van der Waals surface area contributed by atoms with E-state index in [0.717, 1.165) is 19.3 Å². The van der Waals surface area contributed by atoms with Crippen LogP contribution < -0.4 is 0 Å². The Hall–Kier alpha value is -0.570. The van der Waals surface area contributed by atoms with E-state index in [1.807, 2.05) is 0 Å². The minimum Gasteiger partial charge on any atom is -0.481 e. The van der Waals surface area contributed by atoms with Crippen LogP contribution >= 0.6 is 0 Å². The van der Waals surface area contributed by atoms with E-state index in [9.17, 15) is 4.79 Å². The Labute approximate surface area is 90.8 Å². The molecule has 0 spiro atoms. The van der Waals surface area contributed by atoms with E-state index in [-0.39, 0.29) is 11.5 Å². The molecule has 1 saturated heterocycles. The number of ether oxygens (including phenoxy) is 1. The van der Waals surface area contributed by atoms with E-state index in [2.05, 4.69) is 6.92 Å². The van der Waals surface area contributed by atoms with Crippen molar-refractivity contribution in [1.29, 1.82) is 0 Å². The van der Waals surface area contributed by atoms with Crippen LogP contribution in [0.2, 0.25) is 0 Å². The van der Waals surface area contributed by atoms with Crippen LogP contribution in [-0.2, 0) is 9.53 Å². The molecule has 1 aliphatic heterocycles. The highest BCUT2D eigenvalue weighted by molar-refractivity contribution is 5.67. The van der Waals surface area contributed by atoms with E-state index in [0.29, 0.717) is 12.5 Å². The smallest absolute Gasteiger partial charge is 0.303 e. The third-order valence-corrected chi connectivity index (χ3v) is 3.91. The van der Waals surface area contributed by atoms with Gasteiger partial charge in [0.05, 0.1) is 18.1 Å². The maximum atomic E-state index is 10.7. The van der Waals surface area contributed by atoms with Crippen molar-refractivity contribution in [3.05, 3.63) is 0 Å². The maximum absolute atomic E-state index is 10.7. The zero-order valence-electron chi connectivity index (χ0n) is 9.37. The molecule has 2 aliphatic rings. The van der Waals surface area contributed by atoms with Crippen molar-refractivity contribution in [2.24, 2.45) is 5.92 Å². The number of hydrogen-bond acceptors (Lipinski definition) is 2. The first-order chi connectivity index (χ1) is 7.19. The number of carboxylic acid groups (broad SMARTS) is 1. The summed E-state index contributed by atoms with van der Waals surface area (Å²) in [5.74, 6) is -0.400. The van der Waals surface area contributed by atoms with Crippen LogP contribution in [0.3, 0.4) is 0 Å². The molecule has 86 valence electrons. The predicted octanol–water partition coefficient (Wildman–Crippen LogP) is 2.59. The molecule has 0 amide bonds. The fourth-order valence-corrected chi connectivity index (χ4v) is 3.05. The fraction of sp³-hybridized carbons (Fsp3) is 0.917. The van der Waals surface area contributed by atoms with Crippen LogP contribution in [-0.4, -0.2) is 22.8 Å². The SMILES string of the molecule is CCCCCC12OC1CCC2CC(=O)O. The van der Waals surface area contributed by atoms with Gasteiger partial charge in [-0.05, 0) is 19.3 Å². The van der Waals surface area contributed by atoms with Crippen LogP contribution in [0.5, 0.6) is 0 Å². The Balaban J connectivity index is 1.87. The predicted molar refractivity (Wildman–Crippen MR) is 56.7 cm³/mol. The van der Waals surface area contributed by atoms with Gasteiger partial charge in [0.15, 0.2) is 0 Å². The van der Waals surface area contributed by atoms with Crippen LogP contribution in [0, 0.1) is 5.92 Å². The molecule has 2 rings (SSSR count). The van der Waals surface area contributed by atoms with Crippen molar-refractivity contribution >= 4 is 5.97 Å². The van der Waals surface area contributed by atoms with Gasteiger partial charge in [-0.2, -0.15) is 0 Å². The highest BCUT2D eigenvalue weighted by atomic mass is 16.6. The van der Waals surface area contributed by atoms with Gasteiger partial charge in [-0.15, -0.1) is 0 Å². The van der Waals surface area contributed by atoms with E-state index < -0.39 is 5.97 Å². The topological polar surface area (TPSA) is 49.8 Å². The first kappa shape index (κ1) is 10.9. The van der Waals surface area contributed by atoms with Gasteiger partial charge in [-0.1, -0.05) is 26.2 Å². The van der Waals surface area contributed by atoms with Crippen molar-refractivity contribution in [2.75, 3.05) is 0 Å². The second kappa shape index (κ2) is 4.12. The van der Waals surface area contributed by atoms with Crippen molar-refractivity contribution in [2.45, 2.75) is 63.6 Å². The standard InChI is InChI=1S/C12H20O3/c1-2-3-4-7-12-9(8-11(13)14)5-6-10(12)15-12/h9-10H,2-8H2,1H3,(H,13,14). The zero-order valence-corrected chi connectivity index (χ0v) is 9.37. The Bertz CT molecular complexity index is 251. The number of carboxylic acids is 1. The summed E-state index contributed by atoms with van der Waals surface area (Å²) < 4.78 is 5.74. The molecule has 3 heteroatoms. The molecule has 0 aromatic heterocycles. The van der Waals surface area contributed by atoms with Crippen LogP contribution in [0.4, 0.5) is 0 Å². The minimum absolute atomic E-state index is 0.0203. The molecule has 3 nitrogen and oxygen atoms in total. The summed E-state index contributed by atoms with van der Waals surface area (Å²) in [4.78, 5) is 10.7. The molecule has 3 atom stereocenters. The normalized spacial score (nSPS) is 37.7. The van der Waals surface area contributed by atoms with E-state index in [1.165, 1.54) is 19.3 Å². The Morgan fingerprint density at radius 2 is 2.27 bits per heavy atom. The van der Waals surface area contributed by atoms with Gasteiger partial charge in [0.25, 0.3) is 0 Å². The molecule has 1 saturated carbocycles. The third-order valence-electron chi connectivity index (χ3n) is 3.91. The van der Waals surface area contributed by atoms with Gasteiger partial charge in [-0.3, -0.25) is 4.79 Å². The number of rotatable bonds is 6. The van der Waals surface area contributed by atoms with E-state index in [4.69, 9.17) is 9.84 Å². The highest BCUT2D eigenvalue weighted by Crippen LogP contribution is 2.57. The Kier molecular flexibility index (Phi) is 3.01. The molecule has 15 heavy (non-hydrogen) atoms. The average molecular weight is 212 g/mol. The summed E-state index contributed by atoms with van der Waals surface area (Å²) in [5, 5.41) is 8.84. The molecule has 1 N–H and O–H groups in total. The first-order valence-electron chi connectivity index (χ1n) is 6.08. The van der Waals surface area contributed by atoms with Gasteiger partial charge >= 0.3 is 5.97 Å². The van der Waals surface area contributed by atoms with Crippen LogP contribution in [0.25, 0.3) is 0 Å². The summed E-state index contributed by atoms with van der Waals surface area (Å²) in [6, 6.07) is 0. The number of aliphatic carboxylic acids is 1. The van der Waals surface area contributed by atoms with Gasteiger partial charge in [0.2, 0.25) is 0 Å². The molecular formula is C12H20O3. The lowest BCUT2D eigenvalue weighted by atomic mass is 9.87. The van der Waals surface area contributed by atoms with Crippen molar-refractivity contribution in [3.63, 3.8) is 0 Å². The number of fused-ring (bicyclic) bond motifs is 1. The van der Waals surface area contributed by atoms with E-state index in [1.54, 1.807) is 0 Å². The number of unbranched alkanes of at least 4 members (excludes halogenated alkanes) is 2. The molecule has 1 aliphatic carbocycles. The number of epoxide rings is 1. The largest absolute Gasteiger partial charge is 0.481 e. The molecule has 0 radical (unpaired) electrons.